The molecule has 1 nitrogen and oxygen atoms in total. The first kappa shape index (κ1) is 12.0. The lowest BCUT2D eigenvalue weighted by Crippen LogP contribution is -2.30. The fourth-order valence-electron chi connectivity index (χ4n) is 4.11. The maximum Gasteiger partial charge on any atom is 0.0342 e. The Kier molecular flexibility index (Phi) is 2.99. The van der Waals surface area contributed by atoms with E-state index in [1.54, 1.807) is 11.1 Å². The summed E-state index contributed by atoms with van der Waals surface area (Å²) in [6.07, 6.45) is 5.25. The summed E-state index contributed by atoms with van der Waals surface area (Å²) in [6, 6.07) is 20.4. The summed E-state index contributed by atoms with van der Waals surface area (Å²) in [5, 5.41) is 3.82. The van der Waals surface area contributed by atoms with Crippen molar-refractivity contribution >= 4 is 5.69 Å². The van der Waals surface area contributed by atoms with Crippen LogP contribution in [0.3, 0.4) is 0 Å². The Morgan fingerprint density at radius 3 is 1.85 bits per heavy atom. The molecule has 2 aromatic carbocycles. The second-order valence-corrected chi connectivity index (χ2v) is 6.31. The molecule has 2 aromatic rings. The molecule has 20 heavy (non-hydrogen) atoms. The van der Waals surface area contributed by atoms with E-state index in [2.05, 4.69) is 59.9 Å². The predicted molar refractivity (Wildman–Crippen MR) is 83.9 cm³/mol. The molecule has 1 heteroatoms. The lowest BCUT2D eigenvalue weighted by atomic mass is 9.94. The van der Waals surface area contributed by atoms with E-state index in [4.69, 9.17) is 0 Å². The van der Waals surface area contributed by atoms with Gasteiger partial charge in [0.1, 0.15) is 0 Å². The number of para-hydroxylation sites is 1. The minimum absolute atomic E-state index is 0.643. The summed E-state index contributed by atoms with van der Waals surface area (Å²) in [4.78, 5) is 0. The van der Waals surface area contributed by atoms with Gasteiger partial charge in [-0.25, -0.2) is 0 Å². The molecule has 0 spiro atoms. The van der Waals surface area contributed by atoms with Crippen LogP contribution in [0.15, 0.2) is 54.6 Å². The average Bonchev–Trinajstić information content (AvgIpc) is 2.75. The second-order valence-electron chi connectivity index (χ2n) is 6.31. The third-order valence-electron chi connectivity index (χ3n) is 5.11. The van der Waals surface area contributed by atoms with Crippen molar-refractivity contribution in [3.05, 3.63) is 65.7 Å². The minimum Gasteiger partial charge on any atom is -0.382 e. The lowest BCUT2D eigenvalue weighted by Gasteiger charge is -2.24. The van der Waals surface area contributed by atoms with Crippen molar-refractivity contribution in [1.29, 1.82) is 0 Å². The highest BCUT2D eigenvalue weighted by atomic mass is 14.9. The maximum absolute atomic E-state index is 3.82. The van der Waals surface area contributed by atoms with Crippen LogP contribution in [0.4, 0.5) is 5.69 Å². The molecule has 2 atom stereocenters. The van der Waals surface area contributed by atoms with Crippen molar-refractivity contribution in [2.24, 2.45) is 11.8 Å². The van der Waals surface area contributed by atoms with Gasteiger partial charge in [0, 0.05) is 11.7 Å². The molecule has 2 bridgehead atoms. The quantitative estimate of drug-likeness (QED) is 0.852. The number of hydrogen-bond donors (Lipinski definition) is 1. The highest BCUT2D eigenvalue weighted by molar-refractivity contribution is 5.45. The number of anilines is 1. The molecule has 2 aliphatic carbocycles. The van der Waals surface area contributed by atoms with E-state index in [9.17, 15) is 0 Å². The van der Waals surface area contributed by atoms with Crippen LogP contribution in [0.1, 0.15) is 24.0 Å². The summed E-state index contributed by atoms with van der Waals surface area (Å²) in [5.41, 5.74) is 4.44. The number of nitrogens with one attached hydrogen (secondary N) is 1. The Bertz CT molecular complexity index is 557. The molecular formula is C19H21N. The molecule has 0 radical (unpaired) electrons. The standard InChI is InChI=1S/C19H21N/c1-2-8-18(9-3-1)20-19-16-10-11-17(19)13-15-7-5-4-6-14(15)12-16/h1-9,16-17,19-20H,10-13H2. The van der Waals surface area contributed by atoms with Gasteiger partial charge in [0.25, 0.3) is 0 Å². The first-order valence-electron chi connectivity index (χ1n) is 7.78. The van der Waals surface area contributed by atoms with Crippen LogP contribution in [-0.4, -0.2) is 6.04 Å². The Morgan fingerprint density at radius 1 is 0.700 bits per heavy atom. The smallest absolute Gasteiger partial charge is 0.0342 e. The van der Waals surface area contributed by atoms with Gasteiger partial charge in [-0.1, -0.05) is 42.5 Å². The van der Waals surface area contributed by atoms with Gasteiger partial charge in [-0.3, -0.25) is 0 Å². The number of rotatable bonds is 2. The first-order chi connectivity index (χ1) is 9.90. The molecule has 0 aromatic heterocycles. The van der Waals surface area contributed by atoms with E-state index in [-0.39, 0.29) is 0 Å². The van der Waals surface area contributed by atoms with Gasteiger partial charge < -0.3 is 5.32 Å². The zero-order chi connectivity index (χ0) is 13.4. The molecule has 0 saturated heterocycles. The van der Waals surface area contributed by atoms with E-state index < -0.39 is 0 Å². The summed E-state index contributed by atoms with van der Waals surface area (Å²) in [7, 11) is 0. The average molecular weight is 263 g/mol. The number of fused-ring (bicyclic) bond motifs is 3. The van der Waals surface area contributed by atoms with Crippen LogP contribution in [0, 0.1) is 11.8 Å². The summed E-state index contributed by atoms with van der Waals surface area (Å²) >= 11 is 0. The van der Waals surface area contributed by atoms with E-state index in [1.165, 1.54) is 31.4 Å². The second kappa shape index (κ2) is 4.97. The SMILES string of the molecule is c1ccc(NC2C3CCC2Cc2ccccc2C3)cc1. The predicted octanol–water partition coefficient (Wildman–Crippen LogP) is 4.29. The largest absolute Gasteiger partial charge is 0.382 e. The van der Waals surface area contributed by atoms with Crippen LogP contribution in [0.5, 0.6) is 0 Å². The normalized spacial score (nSPS) is 27.7. The summed E-state index contributed by atoms with van der Waals surface area (Å²) in [6.45, 7) is 0. The molecular weight excluding hydrogens is 242 g/mol. The third kappa shape index (κ3) is 2.11. The van der Waals surface area contributed by atoms with E-state index >= 15 is 0 Å². The van der Waals surface area contributed by atoms with Gasteiger partial charge in [-0.15, -0.1) is 0 Å². The highest BCUT2D eigenvalue weighted by Gasteiger charge is 2.38. The molecule has 4 rings (SSSR count). The van der Waals surface area contributed by atoms with Gasteiger partial charge in [0.2, 0.25) is 0 Å². The first-order valence-corrected chi connectivity index (χ1v) is 7.78. The van der Waals surface area contributed by atoms with Gasteiger partial charge in [-0.2, -0.15) is 0 Å². The molecule has 0 heterocycles. The van der Waals surface area contributed by atoms with Crippen molar-refractivity contribution in [3.63, 3.8) is 0 Å². The van der Waals surface area contributed by atoms with Crippen LogP contribution < -0.4 is 5.32 Å². The molecule has 1 fully saturated rings. The van der Waals surface area contributed by atoms with Gasteiger partial charge in [0.05, 0.1) is 0 Å². The van der Waals surface area contributed by atoms with E-state index in [0.717, 1.165) is 11.8 Å². The Morgan fingerprint density at radius 2 is 1.25 bits per heavy atom. The maximum atomic E-state index is 3.82. The third-order valence-corrected chi connectivity index (χ3v) is 5.11. The van der Waals surface area contributed by atoms with Crippen LogP contribution in [0.2, 0.25) is 0 Å². The Labute approximate surface area is 121 Å². The summed E-state index contributed by atoms with van der Waals surface area (Å²) < 4.78 is 0. The lowest BCUT2D eigenvalue weighted by molar-refractivity contribution is 0.450. The number of benzene rings is 2. The minimum atomic E-state index is 0.643. The molecule has 1 N–H and O–H groups in total. The Hall–Kier alpha value is -1.76. The fourth-order valence-corrected chi connectivity index (χ4v) is 4.11. The van der Waals surface area contributed by atoms with Gasteiger partial charge in [0.15, 0.2) is 0 Å². The van der Waals surface area contributed by atoms with Crippen LogP contribution in [0.25, 0.3) is 0 Å². The number of hydrogen-bond acceptors (Lipinski definition) is 1. The zero-order valence-corrected chi connectivity index (χ0v) is 11.8. The van der Waals surface area contributed by atoms with Crippen molar-refractivity contribution in [1.82, 2.24) is 0 Å². The Balaban J connectivity index is 1.61. The molecule has 0 amide bonds. The molecule has 2 unspecified atom stereocenters. The fraction of sp³-hybridized carbons (Fsp3) is 0.368. The molecule has 0 aliphatic heterocycles. The zero-order valence-electron chi connectivity index (χ0n) is 11.8. The van der Waals surface area contributed by atoms with Gasteiger partial charge >= 0.3 is 0 Å². The molecule has 102 valence electrons. The highest BCUT2D eigenvalue weighted by Crippen LogP contribution is 2.41. The van der Waals surface area contributed by atoms with Crippen molar-refractivity contribution in [3.8, 4) is 0 Å². The van der Waals surface area contributed by atoms with Crippen LogP contribution in [-0.2, 0) is 12.8 Å². The molecule has 2 aliphatic rings. The van der Waals surface area contributed by atoms with Crippen molar-refractivity contribution in [2.45, 2.75) is 31.7 Å². The molecule has 1 saturated carbocycles. The van der Waals surface area contributed by atoms with Gasteiger partial charge in [-0.05, 0) is 60.8 Å². The van der Waals surface area contributed by atoms with E-state index in [0.29, 0.717) is 6.04 Å². The summed E-state index contributed by atoms with van der Waals surface area (Å²) in [5.74, 6) is 1.59. The topological polar surface area (TPSA) is 12.0 Å². The van der Waals surface area contributed by atoms with Crippen molar-refractivity contribution in [2.75, 3.05) is 5.32 Å². The van der Waals surface area contributed by atoms with Crippen LogP contribution >= 0.6 is 0 Å². The van der Waals surface area contributed by atoms with Crippen molar-refractivity contribution < 1.29 is 0 Å². The monoisotopic (exact) mass is 263 g/mol. The van der Waals surface area contributed by atoms with E-state index in [1.807, 2.05) is 0 Å².